The molecule has 0 fully saturated rings. The molecule has 0 saturated heterocycles. The van der Waals surface area contributed by atoms with Gasteiger partial charge in [0.05, 0.1) is 17.4 Å². The predicted octanol–water partition coefficient (Wildman–Crippen LogP) is 17.6. The van der Waals surface area contributed by atoms with E-state index in [0.29, 0.717) is 6.54 Å². The van der Waals surface area contributed by atoms with Crippen molar-refractivity contribution in [3.05, 3.63) is 56.0 Å². The zero-order chi connectivity index (χ0) is 42.9. The Kier molecular flexibility index (Phi) is 2.43. The number of hydrogen-bond acceptors (Lipinski definition) is 2. The summed E-state index contributed by atoms with van der Waals surface area (Å²) in [7, 11) is 0. The first-order valence-electron chi connectivity index (χ1n) is 25.8. The fourth-order valence-corrected chi connectivity index (χ4v) is 23.0. The zero-order valence-corrected chi connectivity index (χ0v) is 36.3. The van der Waals surface area contributed by atoms with Gasteiger partial charge < -0.3 is 4.57 Å². The Morgan fingerprint density at radius 1 is 0.239 bits per heavy atom. The van der Waals surface area contributed by atoms with E-state index in [1.165, 1.54) is 259 Å². The smallest absolute Gasteiger partial charge is 0.259 e. The number of fused-ring (bicyclic) bond motifs is 6. The molecule has 31 aromatic rings. The number of aromatic nitrogens is 1. The molecular weight excluding hydrogens is 863 g/mol. The van der Waals surface area contributed by atoms with Crippen LogP contribution in [-0.4, -0.2) is 4.57 Å². The molecule has 0 aliphatic carbocycles. The highest BCUT2D eigenvalue weighted by molar-refractivity contribution is 6.83. The van der Waals surface area contributed by atoms with E-state index in [1.807, 2.05) is 0 Å². The minimum absolute atomic E-state index is 0.109. The van der Waals surface area contributed by atoms with E-state index in [0.717, 1.165) is 43.4 Å². The zero-order valence-electron chi connectivity index (χ0n) is 36.3. The molecule has 0 unspecified atom stereocenters. The van der Waals surface area contributed by atoms with Crippen LogP contribution in [0.15, 0.2) is 33.9 Å². The molecule has 71 heavy (non-hydrogen) atoms. The van der Waals surface area contributed by atoms with Crippen LogP contribution in [0, 0.1) is 6.92 Å². The van der Waals surface area contributed by atoms with Crippen LogP contribution in [0.1, 0.15) is 11.1 Å². The first kappa shape index (κ1) is 27.1. The molecule has 0 saturated carbocycles. The second-order valence-corrected chi connectivity index (χ2v) is 24.9. The van der Waals surface area contributed by atoms with Crippen molar-refractivity contribution in [2.45, 2.75) is 13.5 Å². The Morgan fingerprint density at radius 2 is 0.423 bits per heavy atom. The summed E-state index contributed by atoms with van der Waals surface area (Å²) in [6, 6.07) is 8.92. The number of aryl methyl sites for hydroxylation is 1. The maximum Gasteiger partial charge on any atom is 0.259 e. The Morgan fingerprint density at radius 3 is 0.676 bits per heavy atom. The molecule has 0 bridgehead atoms. The maximum atomic E-state index is 17.2. The van der Waals surface area contributed by atoms with Crippen molar-refractivity contribution >= 4 is 313 Å². The molecule has 1 aromatic heterocycles. The quantitative estimate of drug-likeness (QED) is 0.128. The molecule has 30 aromatic carbocycles. The van der Waals surface area contributed by atoms with Crippen molar-refractivity contribution in [3.63, 3.8) is 0 Å². The Labute approximate surface area is 384 Å². The van der Waals surface area contributed by atoms with Crippen LogP contribution in [0.4, 0.5) is 0 Å². The molecule has 3 heteroatoms. The van der Waals surface area contributed by atoms with Crippen molar-refractivity contribution in [2.75, 3.05) is 0 Å². The van der Waals surface area contributed by atoms with E-state index < -0.39 is 0 Å². The van der Waals surface area contributed by atoms with Crippen LogP contribution in [-0.2, 0) is 6.54 Å². The molecule has 1 heterocycles. The normalized spacial score (nSPS) is 16.7. The minimum Gasteiger partial charge on any atom is -0.303 e. The molecule has 0 aliphatic rings. The van der Waals surface area contributed by atoms with Gasteiger partial charge in [-0.05, 0) is 12.5 Å². The summed E-state index contributed by atoms with van der Waals surface area (Å²) < 4.78 is 2.27. The summed E-state index contributed by atoms with van der Waals surface area (Å²) in [6.45, 7) is 2.63. The number of nitrogens with zero attached hydrogens (tertiary/aromatic N) is 1. The third-order valence-corrected chi connectivity index (χ3v) is 23.9. The van der Waals surface area contributed by atoms with Gasteiger partial charge in [-0.3, -0.25) is 9.59 Å². The van der Waals surface area contributed by atoms with Crippen LogP contribution in [0.3, 0.4) is 0 Å². The van der Waals surface area contributed by atoms with Gasteiger partial charge in [0.1, 0.15) is 0 Å². The lowest BCUT2D eigenvalue weighted by Crippen LogP contribution is -2.22. The van der Waals surface area contributed by atoms with Crippen LogP contribution in [0.5, 0.6) is 0 Å². The lowest BCUT2D eigenvalue weighted by atomic mass is 9.85. The van der Waals surface area contributed by atoms with E-state index in [9.17, 15) is 0 Å². The van der Waals surface area contributed by atoms with Crippen molar-refractivity contribution < 1.29 is 0 Å². The fraction of sp³-hybridized carbons (Fsp3) is 0.0294. The largest absolute Gasteiger partial charge is 0.303 e. The molecule has 0 radical (unpaired) electrons. The summed E-state index contributed by atoms with van der Waals surface area (Å²) >= 11 is 0. The number of rotatable bonds is 2. The molecule has 3 nitrogen and oxygen atoms in total. The highest BCUT2D eigenvalue weighted by Gasteiger charge is 2.50. The molecule has 0 aliphatic heterocycles. The van der Waals surface area contributed by atoms with Gasteiger partial charge in [0, 0.05) is 302 Å². The van der Waals surface area contributed by atoms with Crippen LogP contribution < -0.4 is 11.0 Å². The van der Waals surface area contributed by atoms with Crippen molar-refractivity contribution in [2.24, 2.45) is 0 Å². The van der Waals surface area contributed by atoms with Gasteiger partial charge in [-0.1, -0.05) is 29.8 Å². The lowest BCUT2D eigenvalue weighted by Gasteiger charge is -2.21. The van der Waals surface area contributed by atoms with Gasteiger partial charge in [-0.2, -0.15) is 0 Å². The summed E-state index contributed by atoms with van der Waals surface area (Å²) in [6.07, 6.45) is 0. The minimum atomic E-state index is 0.109. The van der Waals surface area contributed by atoms with Gasteiger partial charge in [0.15, 0.2) is 5.43 Å². The van der Waals surface area contributed by atoms with E-state index in [1.54, 1.807) is 21.5 Å². The first-order valence-corrected chi connectivity index (χ1v) is 25.8. The van der Waals surface area contributed by atoms with Crippen molar-refractivity contribution in [1.82, 2.24) is 4.57 Å². The average molecular weight is 872 g/mol. The highest BCUT2D eigenvalue weighted by Crippen LogP contribution is 2.78. The first-order chi connectivity index (χ1) is 35.2. The number of hydrogen-bond donors (Lipinski definition) is 0. The molecule has 0 atom stereocenters. The summed E-state index contributed by atoms with van der Waals surface area (Å²) in [5.41, 5.74) is 3.74. The van der Waals surface area contributed by atoms with Gasteiger partial charge in [-0.25, -0.2) is 0 Å². The second-order valence-electron chi connectivity index (χ2n) is 24.9. The number of benzene rings is 19. The van der Waals surface area contributed by atoms with Gasteiger partial charge in [0.25, 0.3) is 5.56 Å². The lowest BCUT2D eigenvalue weighted by molar-refractivity contribution is 0.806. The third kappa shape index (κ3) is 1.58. The number of pyridine rings is 1. The Hall–Kier alpha value is -9.18. The van der Waals surface area contributed by atoms with E-state index in [2.05, 4.69) is 35.8 Å². The molecule has 0 N–H and O–H groups in total. The van der Waals surface area contributed by atoms with E-state index >= 15 is 9.59 Å². The summed E-state index contributed by atoms with van der Waals surface area (Å²) in [5, 5.41) is 79.0. The fourth-order valence-electron chi connectivity index (χ4n) is 23.0. The van der Waals surface area contributed by atoms with Crippen molar-refractivity contribution in [3.8, 4) is 0 Å². The average Bonchev–Trinajstić information content (AvgIpc) is 4.30. The van der Waals surface area contributed by atoms with Crippen LogP contribution in [0.2, 0.25) is 0 Å². The third-order valence-electron chi connectivity index (χ3n) is 23.9. The van der Waals surface area contributed by atoms with E-state index in [-0.39, 0.29) is 11.0 Å². The van der Waals surface area contributed by atoms with E-state index in [4.69, 9.17) is 0 Å². The molecular formula is C68H9NO2. The molecule has 31 rings (SSSR count). The monoisotopic (exact) mass is 871 g/mol. The van der Waals surface area contributed by atoms with Crippen molar-refractivity contribution in [1.29, 1.82) is 0 Å². The Bertz CT molecular complexity index is 7930. The summed E-state index contributed by atoms with van der Waals surface area (Å²) in [5.74, 6) is 0. The van der Waals surface area contributed by atoms with Crippen LogP contribution in [0.25, 0.3) is 313 Å². The standard InChI is InChI=1S/C68H9NO2/c1-7-2-4-8(5-3-7)6-69-66-61-53-45-34-25-17-15-9-10-12-14-13-11(9)18-19(15)27-31(25)42-47-37(27)36-26(18)29-22(13)30-23(14)32-28-21(12)24-16(10)20(17)33(34)38-35(24)44-39(28)51-43(32)49-41(30)48-40(29)46(36)55-56(47)64(59(61)50(42)45)67(70)63(55)57(48)58(49)65(68(69)71)60(51)62(66)54(44)52(38)53/h2-5H,6H2,1H3. The van der Waals surface area contributed by atoms with Gasteiger partial charge in [-0.15, -0.1) is 0 Å². The molecule has 0 amide bonds. The molecule has 0 spiro atoms. The highest BCUT2D eigenvalue weighted by atomic mass is 16.1. The topological polar surface area (TPSA) is 39.1 Å². The maximum absolute atomic E-state index is 17.2. The van der Waals surface area contributed by atoms with Crippen LogP contribution >= 0.6 is 0 Å². The molecule has 298 valence electrons. The second kappa shape index (κ2) is 6.37. The predicted molar refractivity (Wildman–Crippen MR) is 302 cm³/mol. The summed E-state index contributed by atoms with van der Waals surface area (Å²) in [4.78, 5) is 34.3. The van der Waals surface area contributed by atoms with Gasteiger partial charge in [0.2, 0.25) is 0 Å². The van der Waals surface area contributed by atoms with Gasteiger partial charge >= 0.3 is 0 Å². The Balaban J connectivity index is 1.22. The SMILES string of the molecule is Cc1ccc(Cn2c(=O)c3c4c5c6c(=O)c7c8c6c6c9c5c5c4c4c%10c3c3c%11c%12c%10c%10c4c4c5c5c9c9c6c6c8c8c%13c7c(c7c%13c%13c%14c8c6c6c9c8c5c4c4c%10c5c9c4c8c6c%14c9c%13c(c5%12)c7%11)c32)cc1.